The van der Waals surface area contributed by atoms with Gasteiger partial charge in [0.25, 0.3) is 11.8 Å². The van der Waals surface area contributed by atoms with Crippen LogP contribution in [0.4, 0.5) is 10.1 Å². The average molecular weight is 376 g/mol. The zero-order chi connectivity index (χ0) is 18.0. The predicted octanol–water partition coefficient (Wildman–Crippen LogP) is 3.95. The second kappa shape index (κ2) is 7.00. The molecule has 2 aromatic carbocycles. The van der Waals surface area contributed by atoms with E-state index in [0.717, 1.165) is 11.3 Å². The lowest BCUT2D eigenvalue weighted by Crippen LogP contribution is -2.17. The Labute approximate surface area is 151 Å². The molecule has 2 amide bonds. The minimum absolute atomic E-state index is 0.136. The van der Waals surface area contributed by atoms with Crippen molar-refractivity contribution in [3.05, 3.63) is 69.9 Å². The molecule has 1 aromatic heterocycles. The molecule has 0 aliphatic carbocycles. The van der Waals surface area contributed by atoms with Gasteiger partial charge >= 0.3 is 0 Å². The van der Waals surface area contributed by atoms with Crippen LogP contribution in [0.25, 0.3) is 10.6 Å². The van der Waals surface area contributed by atoms with Crippen molar-refractivity contribution in [1.82, 2.24) is 4.98 Å². The highest BCUT2D eigenvalue weighted by atomic mass is 35.5. The summed E-state index contributed by atoms with van der Waals surface area (Å²) in [6.45, 7) is 0. The van der Waals surface area contributed by atoms with Gasteiger partial charge in [-0.3, -0.25) is 9.59 Å². The molecule has 3 rings (SSSR count). The molecule has 0 spiro atoms. The van der Waals surface area contributed by atoms with E-state index in [0.29, 0.717) is 15.6 Å². The summed E-state index contributed by atoms with van der Waals surface area (Å²) in [5.41, 5.74) is 5.94. The first-order valence-corrected chi connectivity index (χ1v) is 8.26. The molecule has 0 fully saturated rings. The van der Waals surface area contributed by atoms with Crippen molar-refractivity contribution in [2.75, 3.05) is 5.32 Å². The van der Waals surface area contributed by atoms with Crippen molar-refractivity contribution >= 4 is 40.4 Å². The van der Waals surface area contributed by atoms with Gasteiger partial charge in [-0.25, -0.2) is 9.37 Å². The highest BCUT2D eigenvalue weighted by Gasteiger charge is 2.17. The number of nitrogens with zero attached hydrogens (tertiary/aromatic N) is 1. The van der Waals surface area contributed by atoms with Crippen LogP contribution in [-0.2, 0) is 0 Å². The molecule has 3 N–H and O–H groups in total. The number of primary amides is 1. The Hall–Kier alpha value is -2.77. The Morgan fingerprint density at radius 3 is 2.68 bits per heavy atom. The summed E-state index contributed by atoms with van der Waals surface area (Å²) >= 11 is 6.93. The lowest BCUT2D eigenvalue weighted by Gasteiger charge is -2.08. The van der Waals surface area contributed by atoms with Gasteiger partial charge in [0.1, 0.15) is 15.7 Å². The maximum Gasteiger partial charge on any atom is 0.267 e. The fraction of sp³-hybridized carbons (Fsp3) is 0. The number of halogens is 2. The number of amides is 2. The third kappa shape index (κ3) is 3.67. The molecule has 5 nitrogen and oxygen atoms in total. The van der Waals surface area contributed by atoms with Gasteiger partial charge in [0, 0.05) is 10.6 Å². The van der Waals surface area contributed by atoms with Crippen molar-refractivity contribution < 1.29 is 14.0 Å². The molecule has 0 saturated heterocycles. The number of carbonyl (C=O) groups excluding carboxylic acids is 2. The molecule has 0 unspecified atom stereocenters. The fourth-order valence-electron chi connectivity index (χ4n) is 2.16. The van der Waals surface area contributed by atoms with Crippen LogP contribution >= 0.6 is 22.9 Å². The Bertz CT molecular complexity index is 974. The first-order chi connectivity index (χ1) is 12.0. The summed E-state index contributed by atoms with van der Waals surface area (Å²) in [7, 11) is 0. The molecule has 0 bridgehead atoms. The summed E-state index contributed by atoms with van der Waals surface area (Å²) in [6.07, 6.45) is 1.34. The molecule has 0 radical (unpaired) electrons. The lowest BCUT2D eigenvalue weighted by molar-refractivity contribution is 0.100. The summed E-state index contributed by atoms with van der Waals surface area (Å²) in [4.78, 5) is 28.2. The molecule has 25 heavy (non-hydrogen) atoms. The Kier molecular flexibility index (Phi) is 4.78. The summed E-state index contributed by atoms with van der Waals surface area (Å²) in [6, 6.07) is 10.5. The number of nitrogens with one attached hydrogen (secondary N) is 1. The second-order valence-electron chi connectivity index (χ2n) is 5.02. The zero-order valence-corrected chi connectivity index (χ0v) is 14.2. The standard InChI is InChI=1S/C17H11ClFN3O2S/c18-9-5-6-11(15(20)23)13(7-9)22-16(24)14-8-21-17(25-14)10-3-1-2-4-12(10)19/h1-8H,(H2,20,23)(H,22,24). The van der Waals surface area contributed by atoms with Crippen LogP contribution in [0.3, 0.4) is 0 Å². The zero-order valence-electron chi connectivity index (χ0n) is 12.6. The van der Waals surface area contributed by atoms with E-state index in [1.165, 1.54) is 30.5 Å². The largest absolute Gasteiger partial charge is 0.366 e. The van der Waals surface area contributed by atoms with Crippen LogP contribution in [0.15, 0.2) is 48.7 Å². The van der Waals surface area contributed by atoms with Gasteiger partial charge in [0.05, 0.1) is 17.4 Å². The SMILES string of the molecule is NC(=O)c1ccc(Cl)cc1NC(=O)c1cnc(-c2ccccc2F)s1. The molecule has 0 aliphatic rings. The molecule has 3 aromatic rings. The Morgan fingerprint density at radius 1 is 1.20 bits per heavy atom. The van der Waals surface area contributed by atoms with Crippen LogP contribution in [0.1, 0.15) is 20.0 Å². The number of nitrogens with two attached hydrogens (primary N) is 1. The molecule has 8 heteroatoms. The molecule has 1 heterocycles. The summed E-state index contributed by atoms with van der Waals surface area (Å²) < 4.78 is 13.8. The van der Waals surface area contributed by atoms with Crippen molar-refractivity contribution in [3.63, 3.8) is 0 Å². The van der Waals surface area contributed by atoms with Crippen LogP contribution in [0.5, 0.6) is 0 Å². The van der Waals surface area contributed by atoms with Crippen LogP contribution in [0.2, 0.25) is 5.02 Å². The van der Waals surface area contributed by atoms with Gasteiger partial charge in [0.2, 0.25) is 0 Å². The van der Waals surface area contributed by atoms with Crippen molar-refractivity contribution in [3.8, 4) is 10.6 Å². The lowest BCUT2D eigenvalue weighted by atomic mass is 10.1. The normalized spacial score (nSPS) is 10.5. The fourth-order valence-corrected chi connectivity index (χ4v) is 3.17. The van der Waals surface area contributed by atoms with E-state index in [4.69, 9.17) is 17.3 Å². The number of aromatic nitrogens is 1. The first-order valence-electron chi connectivity index (χ1n) is 7.07. The molecular weight excluding hydrogens is 365 g/mol. The third-order valence-corrected chi connectivity index (χ3v) is 4.59. The van der Waals surface area contributed by atoms with Gasteiger partial charge in [-0.2, -0.15) is 0 Å². The van der Waals surface area contributed by atoms with E-state index in [1.807, 2.05) is 0 Å². The minimum Gasteiger partial charge on any atom is -0.366 e. The highest BCUT2D eigenvalue weighted by molar-refractivity contribution is 7.17. The van der Waals surface area contributed by atoms with Crippen molar-refractivity contribution in [2.24, 2.45) is 5.73 Å². The van der Waals surface area contributed by atoms with Gasteiger partial charge < -0.3 is 11.1 Å². The van der Waals surface area contributed by atoms with E-state index >= 15 is 0 Å². The van der Waals surface area contributed by atoms with E-state index in [1.54, 1.807) is 18.2 Å². The number of benzene rings is 2. The Morgan fingerprint density at radius 2 is 1.96 bits per heavy atom. The van der Waals surface area contributed by atoms with E-state index < -0.39 is 17.6 Å². The van der Waals surface area contributed by atoms with Crippen molar-refractivity contribution in [2.45, 2.75) is 0 Å². The molecule has 126 valence electrons. The van der Waals surface area contributed by atoms with Gasteiger partial charge in [0.15, 0.2) is 0 Å². The van der Waals surface area contributed by atoms with Gasteiger partial charge in [-0.15, -0.1) is 11.3 Å². The maximum atomic E-state index is 13.8. The van der Waals surface area contributed by atoms with E-state index in [9.17, 15) is 14.0 Å². The monoisotopic (exact) mass is 375 g/mol. The topological polar surface area (TPSA) is 85.1 Å². The van der Waals surface area contributed by atoms with E-state index in [2.05, 4.69) is 10.3 Å². The second-order valence-corrected chi connectivity index (χ2v) is 6.48. The summed E-state index contributed by atoms with van der Waals surface area (Å²) in [5, 5.41) is 3.30. The number of rotatable bonds is 4. The average Bonchev–Trinajstić information content (AvgIpc) is 3.05. The number of carbonyl (C=O) groups is 2. The van der Waals surface area contributed by atoms with Gasteiger partial charge in [-0.05, 0) is 30.3 Å². The van der Waals surface area contributed by atoms with Crippen LogP contribution in [0, 0.1) is 5.82 Å². The smallest absolute Gasteiger partial charge is 0.267 e. The van der Waals surface area contributed by atoms with Crippen LogP contribution in [-0.4, -0.2) is 16.8 Å². The predicted molar refractivity (Wildman–Crippen MR) is 95.4 cm³/mol. The van der Waals surface area contributed by atoms with Gasteiger partial charge in [-0.1, -0.05) is 23.7 Å². The number of hydrogen-bond donors (Lipinski definition) is 2. The third-order valence-electron chi connectivity index (χ3n) is 3.33. The molecular formula is C17H11ClFN3O2S. The van der Waals surface area contributed by atoms with E-state index in [-0.39, 0.29) is 16.1 Å². The van der Waals surface area contributed by atoms with Crippen molar-refractivity contribution in [1.29, 1.82) is 0 Å². The maximum absolute atomic E-state index is 13.8. The summed E-state index contributed by atoms with van der Waals surface area (Å²) in [5.74, 6) is -1.61. The molecule has 0 aliphatic heterocycles. The minimum atomic E-state index is -0.691. The number of anilines is 1. The molecule has 0 atom stereocenters. The quantitative estimate of drug-likeness (QED) is 0.723. The first kappa shape index (κ1) is 17.1. The van der Waals surface area contributed by atoms with Crippen LogP contribution < -0.4 is 11.1 Å². The Balaban J connectivity index is 1.87. The highest BCUT2D eigenvalue weighted by Crippen LogP contribution is 2.28. The number of hydrogen-bond acceptors (Lipinski definition) is 4. The number of thiazole rings is 1. The molecule has 0 saturated carbocycles.